The van der Waals surface area contributed by atoms with Gasteiger partial charge in [0.1, 0.15) is 5.82 Å². The molecule has 0 saturated heterocycles. The Labute approximate surface area is 172 Å². The number of benzene rings is 2. The van der Waals surface area contributed by atoms with Crippen LogP contribution in [0.3, 0.4) is 0 Å². The number of nitrogens with one attached hydrogen (secondary N) is 3. The average molecular weight is 407 g/mol. The van der Waals surface area contributed by atoms with Gasteiger partial charge >= 0.3 is 6.03 Å². The molecule has 0 spiro atoms. The molecule has 0 saturated carbocycles. The van der Waals surface area contributed by atoms with Gasteiger partial charge in [-0.25, -0.2) is 9.18 Å². The smallest absolute Gasteiger partial charge is 0.315 e. The number of thiophene rings is 1. The number of urea groups is 1. The molecule has 0 atom stereocenters. The van der Waals surface area contributed by atoms with E-state index >= 15 is 0 Å². The molecule has 2 aromatic carbocycles. The molecule has 29 heavy (non-hydrogen) atoms. The molecule has 146 valence electrons. The zero-order valence-corrected chi connectivity index (χ0v) is 16.2. The molecule has 1 heterocycles. The van der Waals surface area contributed by atoms with Crippen LogP contribution in [0.15, 0.2) is 66.0 Å². The fourth-order valence-corrected chi connectivity index (χ4v) is 2.94. The van der Waals surface area contributed by atoms with Gasteiger partial charge in [0.05, 0.1) is 11.4 Å². The van der Waals surface area contributed by atoms with E-state index in [1.165, 1.54) is 12.1 Å². The Morgan fingerprint density at radius 2 is 1.79 bits per heavy atom. The van der Waals surface area contributed by atoms with E-state index in [4.69, 9.17) is 0 Å². The number of amides is 3. The van der Waals surface area contributed by atoms with Gasteiger partial charge in [-0.1, -0.05) is 36.1 Å². The maximum Gasteiger partial charge on any atom is 0.315 e. The summed E-state index contributed by atoms with van der Waals surface area (Å²) in [5.41, 5.74) is 2.13. The molecule has 3 aromatic rings. The molecule has 0 unspecified atom stereocenters. The minimum Gasteiger partial charge on any atom is -0.334 e. The predicted octanol–water partition coefficient (Wildman–Crippen LogP) is 3.72. The van der Waals surface area contributed by atoms with Crippen LogP contribution in [0, 0.1) is 17.7 Å². The molecular weight excluding hydrogens is 389 g/mol. The van der Waals surface area contributed by atoms with Crippen LogP contribution in [-0.2, 0) is 11.3 Å². The van der Waals surface area contributed by atoms with Crippen LogP contribution in [0.2, 0.25) is 0 Å². The highest BCUT2D eigenvalue weighted by Crippen LogP contribution is 2.11. The Morgan fingerprint density at radius 3 is 2.55 bits per heavy atom. The minimum absolute atomic E-state index is 0.180. The maximum atomic E-state index is 12.9. The Balaban J connectivity index is 1.44. The van der Waals surface area contributed by atoms with E-state index in [1.54, 1.807) is 41.7 Å². The number of carbonyl (C=O) groups excluding carboxylic acids is 2. The molecular formula is C22H18FN3O2S. The van der Waals surface area contributed by atoms with Crippen LogP contribution < -0.4 is 16.0 Å². The summed E-state index contributed by atoms with van der Waals surface area (Å²) in [6.45, 7) is 0.0546. The van der Waals surface area contributed by atoms with E-state index in [1.807, 2.05) is 23.6 Å². The monoisotopic (exact) mass is 407 g/mol. The highest BCUT2D eigenvalue weighted by Gasteiger charge is 2.06. The van der Waals surface area contributed by atoms with E-state index in [9.17, 15) is 14.0 Å². The second-order valence-corrected chi connectivity index (χ2v) is 6.97. The van der Waals surface area contributed by atoms with Crippen LogP contribution in [0.4, 0.5) is 14.9 Å². The Hall–Kier alpha value is -3.63. The zero-order valence-electron chi connectivity index (χ0n) is 15.4. The first kappa shape index (κ1) is 20.1. The van der Waals surface area contributed by atoms with E-state index in [0.717, 1.165) is 16.0 Å². The van der Waals surface area contributed by atoms with Gasteiger partial charge in [0.25, 0.3) is 0 Å². The third kappa shape index (κ3) is 6.79. The molecule has 7 heteroatoms. The van der Waals surface area contributed by atoms with Crippen molar-refractivity contribution in [2.75, 3.05) is 11.9 Å². The van der Waals surface area contributed by atoms with Crippen molar-refractivity contribution in [2.45, 2.75) is 6.54 Å². The first-order chi connectivity index (χ1) is 14.1. The first-order valence-electron chi connectivity index (χ1n) is 8.80. The van der Waals surface area contributed by atoms with Gasteiger partial charge in [-0.2, -0.15) is 0 Å². The first-order valence-corrected chi connectivity index (χ1v) is 9.68. The van der Waals surface area contributed by atoms with Crippen LogP contribution in [0.1, 0.15) is 16.0 Å². The normalized spacial score (nSPS) is 9.83. The molecule has 0 radical (unpaired) electrons. The van der Waals surface area contributed by atoms with Crippen LogP contribution >= 0.6 is 11.3 Å². The van der Waals surface area contributed by atoms with Crippen molar-refractivity contribution in [3.63, 3.8) is 0 Å². The lowest BCUT2D eigenvalue weighted by atomic mass is 10.2. The SMILES string of the molecule is O=C(CNC(=O)NCc1ccc(F)cc1)Nc1cccc(C#Cc2cccs2)c1. The van der Waals surface area contributed by atoms with Gasteiger partial charge in [0, 0.05) is 17.8 Å². The molecule has 0 aliphatic heterocycles. The lowest BCUT2D eigenvalue weighted by Crippen LogP contribution is -2.39. The maximum absolute atomic E-state index is 12.9. The molecule has 0 aliphatic rings. The zero-order chi connectivity index (χ0) is 20.5. The highest BCUT2D eigenvalue weighted by atomic mass is 32.1. The summed E-state index contributed by atoms with van der Waals surface area (Å²) in [5, 5.41) is 9.77. The van der Waals surface area contributed by atoms with Crippen molar-refractivity contribution in [2.24, 2.45) is 0 Å². The van der Waals surface area contributed by atoms with Crippen molar-refractivity contribution in [1.29, 1.82) is 0 Å². The van der Waals surface area contributed by atoms with Crippen molar-refractivity contribution in [3.05, 3.63) is 87.9 Å². The van der Waals surface area contributed by atoms with Gasteiger partial charge in [-0.15, -0.1) is 11.3 Å². The second-order valence-electron chi connectivity index (χ2n) is 6.02. The number of carbonyl (C=O) groups is 2. The number of hydrogen-bond acceptors (Lipinski definition) is 3. The molecule has 0 bridgehead atoms. The summed E-state index contributed by atoms with van der Waals surface area (Å²) in [6, 6.07) is 16.4. The Bertz CT molecular complexity index is 1040. The lowest BCUT2D eigenvalue weighted by molar-refractivity contribution is -0.115. The van der Waals surface area contributed by atoms with Gasteiger partial charge in [0.15, 0.2) is 0 Å². The number of anilines is 1. The Morgan fingerprint density at radius 1 is 0.966 bits per heavy atom. The summed E-state index contributed by atoms with van der Waals surface area (Å²) in [6.07, 6.45) is 0. The Kier molecular flexibility index (Phi) is 6.98. The quantitative estimate of drug-likeness (QED) is 0.564. The fourth-order valence-electron chi connectivity index (χ4n) is 2.37. The van der Waals surface area contributed by atoms with Gasteiger partial charge in [0.2, 0.25) is 5.91 Å². The highest BCUT2D eigenvalue weighted by molar-refractivity contribution is 7.10. The average Bonchev–Trinajstić information content (AvgIpc) is 3.24. The van der Waals surface area contributed by atoms with Crippen LogP contribution in [-0.4, -0.2) is 18.5 Å². The number of hydrogen-bond donors (Lipinski definition) is 3. The van der Waals surface area contributed by atoms with Crippen molar-refractivity contribution in [3.8, 4) is 11.8 Å². The third-order valence-electron chi connectivity index (χ3n) is 3.77. The predicted molar refractivity (Wildman–Crippen MR) is 112 cm³/mol. The summed E-state index contributed by atoms with van der Waals surface area (Å²) in [4.78, 5) is 24.8. The summed E-state index contributed by atoms with van der Waals surface area (Å²) in [5.74, 6) is 5.42. The van der Waals surface area contributed by atoms with Crippen molar-refractivity contribution < 1.29 is 14.0 Å². The lowest BCUT2D eigenvalue weighted by Gasteiger charge is -2.09. The summed E-state index contributed by atoms with van der Waals surface area (Å²) in [7, 11) is 0. The van der Waals surface area contributed by atoms with Gasteiger partial charge in [-0.3, -0.25) is 4.79 Å². The second kappa shape index (κ2) is 10.1. The van der Waals surface area contributed by atoms with E-state index in [-0.39, 0.29) is 24.8 Å². The number of rotatable bonds is 5. The van der Waals surface area contributed by atoms with E-state index < -0.39 is 6.03 Å². The summed E-state index contributed by atoms with van der Waals surface area (Å²) < 4.78 is 12.9. The topological polar surface area (TPSA) is 70.2 Å². The van der Waals surface area contributed by atoms with Gasteiger partial charge in [-0.05, 0) is 47.3 Å². The van der Waals surface area contributed by atoms with Gasteiger partial charge < -0.3 is 16.0 Å². The molecule has 1 aromatic heterocycles. The fraction of sp³-hybridized carbons (Fsp3) is 0.0909. The molecule has 3 N–H and O–H groups in total. The van der Waals surface area contributed by atoms with Crippen LogP contribution in [0.25, 0.3) is 0 Å². The van der Waals surface area contributed by atoms with Crippen molar-refractivity contribution in [1.82, 2.24) is 10.6 Å². The molecule has 3 amide bonds. The van der Waals surface area contributed by atoms with Crippen molar-refractivity contribution >= 4 is 29.0 Å². The number of halogens is 1. The molecule has 5 nitrogen and oxygen atoms in total. The molecule has 3 rings (SSSR count). The molecule has 0 aliphatic carbocycles. The summed E-state index contributed by atoms with van der Waals surface area (Å²) >= 11 is 1.56. The largest absolute Gasteiger partial charge is 0.334 e. The minimum atomic E-state index is -0.486. The molecule has 0 fully saturated rings. The van der Waals surface area contributed by atoms with E-state index in [0.29, 0.717) is 5.69 Å². The van der Waals surface area contributed by atoms with E-state index in [2.05, 4.69) is 27.8 Å². The standard InChI is InChI=1S/C22H18FN3O2S/c23-18-9-6-17(7-10-18)14-24-22(28)25-15-21(27)26-19-4-1-3-16(13-19)8-11-20-5-2-12-29-20/h1-7,9-10,12-13H,14-15H2,(H,26,27)(H2,24,25,28). The van der Waals surface area contributed by atoms with Crippen LogP contribution in [0.5, 0.6) is 0 Å². The third-order valence-corrected chi connectivity index (χ3v) is 4.56.